The zero-order valence-corrected chi connectivity index (χ0v) is 14.3. The van der Waals surface area contributed by atoms with Crippen molar-refractivity contribution in [3.63, 3.8) is 0 Å². The molecule has 0 saturated carbocycles. The van der Waals surface area contributed by atoms with Gasteiger partial charge in [0.2, 0.25) is 5.95 Å². The van der Waals surface area contributed by atoms with Crippen LogP contribution in [0, 0.1) is 0 Å². The van der Waals surface area contributed by atoms with Gasteiger partial charge in [-0.3, -0.25) is 15.2 Å². The van der Waals surface area contributed by atoms with Gasteiger partial charge in [-0.1, -0.05) is 0 Å². The van der Waals surface area contributed by atoms with Gasteiger partial charge in [-0.05, 0) is 18.2 Å². The lowest BCUT2D eigenvalue weighted by atomic mass is 10.2. The summed E-state index contributed by atoms with van der Waals surface area (Å²) >= 11 is 1.46. The number of nitrogens with one attached hydrogen (secondary N) is 2. The molecule has 0 aliphatic rings. The molecule has 3 aromatic rings. The number of rotatable bonds is 6. The number of methoxy groups -OCH3 is 2. The van der Waals surface area contributed by atoms with Gasteiger partial charge in [0, 0.05) is 17.5 Å². The zero-order chi connectivity index (χ0) is 17.6. The Balaban J connectivity index is 1.73. The summed E-state index contributed by atoms with van der Waals surface area (Å²) in [5.74, 6) is 1.54. The number of H-pyrrole nitrogens is 1. The molecule has 0 aliphatic carbocycles. The molecule has 128 valence electrons. The molecule has 0 bridgehead atoms. The molecular weight excluding hydrogens is 342 g/mol. The van der Waals surface area contributed by atoms with Gasteiger partial charge >= 0.3 is 0 Å². The molecule has 25 heavy (non-hydrogen) atoms. The third-order valence-electron chi connectivity index (χ3n) is 3.24. The quantitative estimate of drug-likeness (QED) is 0.658. The smallest absolute Gasteiger partial charge is 0.250 e. The van der Waals surface area contributed by atoms with E-state index in [9.17, 15) is 4.79 Å². The second kappa shape index (κ2) is 7.58. The van der Waals surface area contributed by atoms with Crippen LogP contribution in [0.2, 0.25) is 0 Å². The Morgan fingerprint density at radius 1 is 1.32 bits per heavy atom. The lowest BCUT2D eigenvalue weighted by molar-refractivity contribution is -0.111. The molecule has 0 unspecified atom stereocenters. The third kappa shape index (κ3) is 4.01. The SMILES string of the molecule is COc1ccc(-c2nc(NC(=O)/C=C/c3cscn3)n[nH]2)c(OC)c1. The number of aromatic nitrogens is 4. The van der Waals surface area contributed by atoms with Crippen LogP contribution in [0.5, 0.6) is 11.5 Å². The Morgan fingerprint density at radius 3 is 2.92 bits per heavy atom. The average Bonchev–Trinajstić information content (AvgIpc) is 3.31. The van der Waals surface area contributed by atoms with Crippen molar-refractivity contribution in [2.24, 2.45) is 0 Å². The number of carbonyl (C=O) groups excluding carboxylic acids is 1. The van der Waals surface area contributed by atoms with E-state index in [0.29, 0.717) is 22.9 Å². The van der Waals surface area contributed by atoms with Crippen molar-refractivity contribution in [2.45, 2.75) is 0 Å². The fourth-order valence-corrected chi connectivity index (χ4v) is 2.57. The van der Waals surface area contributed by atoms with Crippen LogP contribution in [0.1, 0.15) is 5.69 Å². The van der Waals surface area contributed by atoms with Gasteiger partial charge < -0.3 is 9.47 Å². The normalized spacial score (nSPS) is 10.8. The Kier molecular flexibility index (Phi) is 5.05. The maximum atomic E-state index is 11.9. The predicted octanol–water partition coefficient (Wildman–Crippen LogP) is 2.60. The number of ether oxygens (including phenoxy) is 2. The average molecular weight is 357 g/mol. The van der Waals surface area contributed by atoms with Crippen molar-refractivity contribution in [3.05, 3.63) is 40.9 Å². The van der Waals surface area contributed by atoms with Crippen LogP contribution in [0.25, 0.3) is 17.5 Å². The Hall–Kier alpha value is -3.20. The van der Waals surface area contributed by atoms with Gasteiger partial charge in [0.1, 0.15) is 11.5 Å². The minimum Gasteiger partial charge on any atom is -0.497 e. The number of anilines is 1. The number of aromatic amines is 1. The van der Waals surface area contributed by atoms with Crippen molar-refractivity contribution in [1.82, 2.24) is 20.2 Å². The number of benzene rings is 1. The molecule has 0 aliphatic heterocycles. The van der Waals surface area contributed by atoms with Crippen molar-refractivity contribution < 1.29 is 14.3 Å². The van der Waals surface area contributed by atoms with E-state index in [4.69, 9.17) is 9.47 Å². The summed E-state index contributed by atoms with van der Waals surface area (Å²) in [5.41, 5.74) is 3.12. The second-order valence-corrected chi connectivity index (χ2v) is 5.53. The minimum absolute atomic E-state index is 0.167. The summed E-state index contributed by atoms with van der Waals surface area (Å²) in [6, 6.07) is 5.33. The van der Waals surface area contributed by atoms with Crippen LogP contribution in [0.15, 0.2) is 35.2 Å². The first-order chi connectivity index (χ1) is 12.2. The molecule has 0 saturated heterocycles. The molecule has 0 radical (unpaired) electrons. The highest BCUT2D eigenvalue weighted by Gasteiger charge is 2.13. The first-order valence-electron chi connectivity index (χ1n) is 7.21. The number of nitrogens with zero attached hydrogens (tertiary/aromatic N) is 3. The van der Waals surface area contributed by atoms with Crippen molar-refractivity contribution in [2.75, 3.05) is 19.5 Å². The molecule has 2 heterocycles. The monoisotopic (exact) mass is 357 g/mol. The molecule has 2 N–H and O–H groups in total. The highest BCUT2D eigenvalue weighted by atomic mass is 32.1. The van der Waals surface area contributed by atoms with E-state index in [2.05, 4.69) is 25.5 Å². The highest BCUT2D eigenvalue weighted by Crippen LogP contribution is 2.31. The van der Waals surface area contributed by atoms with E-state index >= 15 is 0 Å². The summed E-state index contributed by atoms with van der Waals surface area (Å²) in [5, 5.41) is 11.2. The molecule has 9 heteroatoms. The van der Waals surface area contributed by atoms with Gasteiger partial charge in [-0.15, -0.1) is 16.4 Å². The molecule has 0 spiro atoms. The molecule has 1 aromatic carbocycles. The lowest BCUT2D eigenvalue weighted by Gasteiger charge is -2.07. The molecule has 2 aromatic heterocycles. The van der Waals surface area contributed by atoms with Crippen molar-refractivity contribution in [3.8, 4) is 22.9 Å². The number of hydrogen-bond acceptors (Lipinski definition) is 7. The molecule has 8 nitrogen and oxygen atoms in total. The van der Waals surface area contributed by atoms with E-state index in [-0.39, 0.29) is 11.9 Å². The van der Waals surface area contributed by atoms with E-state index < -0.39 is 0 Å². The van der Waals surface area contributed by atoms with Crippen molar-refractivity contribution in [1.29, 1.82) is 0 Å². The Labute approximate surface area is 147 Å². The topological polar surface area (TPSA) is 102 Å². The maximum absolute atomic E-state index is 11.9. The van der Waals surface area contributed by atoms with E-state index in [0.717, 1.165) is 5.69 Å². The van der Waals surface area contributed by atoms with Crippen LogP contribution in [0.3, 0.4) is 0 Å². The van der Waals surface area contributed by atoms with Gasteiger partial charge in [0.15, 0.2) is 5.82 Å². The minimum atomic E-state index is -0.347. The molecule has 0 atom stereocenters. The third-order valence-corrected chi connectivity index (χ3v) is 3.85. The second-order valence-electron chi connectivity index (χ2n) is 4.81. The summed E-state index contributed by atoms with van der Waals surface area (Å²) in [7, 11) is 3.14. The van der Waals surface area contributed by atoms with Gasteiger partial charge in [-0.2, -0.15) is 4.98 Å². The zero-order valence-electron chi connectivity index (χ0n) is 13.5. The summed E-state index contributed by atoms with van der Waals surface area (Å²) < 4.78 is 10.5. The van der Waals surface area contributed by atoms with Crippen LogP contribution in [0.4, 0.5) is 5.95 Å². The number of thiazole rings is 1. The van der Waals surface area contributed by atoms with Crippen LogP contribution < -0.4 is 14.8 Å². The van der Waals surface area contributed by atoms with Crippen LogP contribution >= 0.6 is 11.3 Å². The maximum Gasteiger partial charge on any atom is 0.250 e. The highest BCUT2D eigenvalue weighted by molar-refractivity contribution is 7.07. The standard InChI is InChI=1S/C16H15N5O3S/c1-23-11-4-5-12(13(7-11)24-2)15-19-16(21-20-15)18-14(22)6-3-10-8-25-9-17-10/h3-9H,1-2H3,(H2,18,19,20,21,22)/b6-3+. The van der Waals surface area contributed by atoms with Crippen LogP contribution in [-0.2, 0) is 4.79 Å². The summed E-state index contributed by atoms with van der Waals surface area (Å²) in [4.78, 5) is 20.2. The Morgan fingerprint density at radius 2 is 2.20 bits per heavy atom. The predicted molar refractivity (Wildman–Crippen MR) is 94.7 cm³/mol. The van der Waals surface area contributed by atoms with Gasteiger partial charge in [0.05, 0.1) is 31.0 Å². The fraction of sp³-hybridized carbons (Fsp3) is 0.125. The van der Waals surface area contributed by atoms with E-state index in [1.54, 1.807) is 44.0 Å². The van der Waals surface area contributed by atoms with E-state index in [1.807, 2.05) is 5.38 Å². The number of carbonyl (C=O) groups is 1. The molecule has 1 amide bonds. The number of hydrogen-bond donors (Lipinski definition) is 2. The first-order valence-corrected chi connectivity index (χ1v) is 8.16. The van der Waals surface area contributed by atoms with Crippen molar-refractivity contribution >= 4 is 29.3 Å². The molecular formula is C16H15N5O3S. The first kappa shape index (κ1) is 16.7. The Bertz CT molecular complexity index is 889. The van der Waals surface area contributed by atoms with E-state index in [1.165, 1.54) is 17.4 Å². The molecule has 3 rings (SSSR count). The van der Waals surface area contributed by atoms with Crippen LogP contribution in [-0.4, -0.2) is 40.3 Å². The van der Waals surface area contributed by atoms with Gasteiger partial charge in [0.25, 0.3) is 5.91 Å². The molecule has 0 fully saturated rings. The van der Waals surface area contributed by atoms with Gasteiger partial charge in [-0.25, -0.2) is 4.98 Å². The fourth-order valence-electron chi connectivity index (χ4n) is 2.05. The lowest BCUT2D eigenvalue weighted by Crippen LogP contribution is -2.09. The number of amides is 1. The largest absolute Gasteiger partial charge is 0.497 e. The summed E-state index contributed by atoms with van der Waals surface area (Å²) in [6.45, 7) is 0. The summed E-state index contributed by atoms with van der Waals surface area (Å²) in [6.07, 6.45) is 2.99.